The fourth-order valence-corrected chi connectivity index (χ4v) is 3.89. The van der Waals surface area contributed by atoms with Gasteiger partial charge in [0.05, 0.1) is 22.5 Å². The molecule has 25 heavy (non-hydrogen) atoms. The van der Waals surface area contributed by atoms with Crippen LogP contribution in [0.5, 0.6) is 0 Å². The first kappa shape index (κ1) is 17.5. The van der Waals surface area contributed by atoms with E-state index in [2.05, 4.69) is 16.0 Å². The number of rotatable bonds is 3. The summed E-state index contributed by atoms with van der Waals surface area (Å²) in [6.45, 7) is 6.14. The molecular weight excluding hydrogens is 356 g/mol. The standard InChI is InChI=1S/C18H17ClN4OS/c1-5-8-22-14-7-6-13(19)10-16(14)25-18(22)20-17(24)15-9-12(4)21-23(15)11(2)3/h1,6-7,9-11H,8H2,2-4H3. The second kappa shape index (κ2) is 6.87. The molecule has 7 heteroatoms. The number of amides is 1. The molecule has 0 aliphatic carbocycles. The van der Waals surface area contributed by atoms with E-state index in [-0.39, 0.29) is 11.9 Å². The van der Waals surface area contributed by atoms with Gasteiger partial charge < -0.3 is 4.57 Å². The van der Waals surface area contributed by atoms with Gasteiger partial charge >= 0.3 is 0 Å². The number of thiazole rings is 1. The fourth-order valence-electron chi connectivity index (χ4n) is 2.59. The monoisotopic (exact) mass is 372 g/mol. The summed E-state index contributed by atoms with van der Waals surface area (Å²) in [5.74, 6) is 2.28. The largest absolute Gasteiger partial charge is 0.305 e. The zero-order valence-electron chi connectivity index (χ0n) is 14.2. The Kier molecular flexibility index (Phi) is 4.80. The number of hydrogen-bond donors (Lipinski definition) is 0. The number of fused-ring (bicyclic) bond motifs is 1. The molecule has 0 fully saturated rings. The third kappa shape index (κ3) is 3.39. The van der Waals surface area contributed by atoms with Crippen molar-refractivity contribution in [1.82, 2.24) is 14.3 Å². The predicted molar refractivity (Wildman–Crippen MR) is 101 cm³/mol. The molecule has 0 N–H and O–H groups in total. The van der Waals surface area contributed by atoms with Gasteiger partial charge in [-0.25, -0.2) is 0 Å². The SMILES string of the molecule is C#CCn1c(=NC(=O)c2cc(C)nn2C(C)C)sc2cc(Cl)ccc21. The summed E-state index contributed by atoms with van der Waals surface area (Å²) in [6.07, 6.45) is 5.49. The van der Waals surface area contributed by atoms with Gasteiger partial charge in [-0.05, 0) is 45.0 Å². The first-order valence-corrected chi connectivity index (χ1v) is 8.97. The first-order chi connectivity index (χ1) is 11.9. The van der Waals surface area contributed by atoms with Gasteiger partial charge in [0.15, 0.2) is 4.80 Å². The number of halogens is 1. The van der Waals surface area contributed by atoms with Crippen LogP contribution in [0.25, 0.3) is 10.2 Å². The Balaban J connectivity index is 2.17. The van der Waals surface area contributed by atoms with Crippen molar-refractivity contribution in [2.75, 3.05) is 0 Å². The lowest BCUT2D eigenvalue weighted by Crippen LogP contribution is -2.18. The molecule has 2 heterocycles. The Morgan fingerprint density at radius 1 is 1.44 bits per heavy atom. The van der Waals surface area contributed by atoms with E-state index in [1.807, 2.05) is 37.5 Å². The van der Waals surface area contributed by atoms with Crippen molar-refractivity contribution in [1.29, 1.82) is 0 Å². The molecule has 0 saturated heterocycles. The Labute approximate surface area is 154 Å². The summed E-state index contributed by atoms with van der Waals surface area (Å²) in [7, 11) is 0. The second-order valence-electron chi connectivity index (χ2n) is 5.91. The highest BCUT2D eigenvalue weighted by molar-refractivity contribution is 7.16. The van der Waals surface area contributed by atoms with Crippen LogP contribution in [0.1, 0.15) is 36.1 Å². The number of hydrogen-bond acceptors (Lipinski definition) is 3. The van der Waals surface area contributed by atoms with E-state index in [9.17, 15) is 4.79 Å². The number of benzene rings is 1. The molecule has 128 valence electrons. The molecule has 0 aliphatic heterocycles. The van der Waals surface area contributed by atoms with Crippen LogP contribution in [0.15, 0.2) is 29.3 Å². The van der Waals surface area contributed by atoms with Crippen molar-refractivity contribution >= 4 is 39.1 Å². The molecule has 0 radical (unpaired) electrons. The van der Waals surface area contributed by atoms with Crippen LogP contribution >= 0.6 is 22.9 Å². The average molecular weight is 373 g/mol. The van der Waals surface area contributed by atoms with Crippen LogP contribution in [-0.2, 0) is 6.54 Å². The normalized spacial score (nSPS) is 12.1. The summed E-state index contributed by atoms with van der Waals surface area (Å²) in [6, 6.07) is 7.36. The minimum Gasteiger partial charge on any atom is -0.305 e. The first-order valence-electron chi connectivity index (χ1n) is 7.78. The molecule has 2 aromatic heterocycles. The molecule has 3 rings (SSSR count). The highest BCUT2D eigenvalue weighted by atomic mass is 35.5. The highest BCUT2D eigenvalue weighted by Gasteiger charge is 2.16. The molecule has 0 bridgehead atoms. The van der Waals surface area contributed by atoms with Gasteiger partial charge in [0.2, 0.25) is 0 Å². The Morgan fingerprint density at radius 2 is 2.20 bits per heavy atom. The summed E-state index contributed by atoms with van der Waals surface area (Å²) in [5, 5.41) is 5.00. The maximum atomic E-state index is 12.7. The zero-order valence-corrected chi connectivity index (χ0v) is 15.7. The number of nitrogens with zero attached hydrogens (tertiary/aromatic N) is 4. The number of carbonyl (C=O) groups is 1. The van der Waals surface area contributed by atoms with Gasteiger partial charge in [-0.2, -0.15) is 10.1 Å². The lowest BCUT2D eigenvalue weighted by molar-refractivity contribution is 0.0986. The molecule has 0 atom stereocenters. The summed E-state index contributed by atoms with van der Waals surface area (Å²) in [5.41, 5.74) is 2.16. The van der Waals surface area contributed by atoms with Crippen molar-refractivity contribution in [3.05, 3.63) is 45.5 Å². The topological polar surface area (TPSA) is 52.2 Å². The highest BCUT2D eigenvalue weighted by Crippen LogP contribution is 2.22. The average Bonchev–Trinajstić information content (AvgIpc) is 3.09. The van der Waals surface area contributed by atoms with Crippen LogP contribution in [0.4, 0.5) is 0 Å². The molecule has 1 aromatic carbocycles. The Morgan fingerprint density at radius 3 is 2.88 bits per heavy atom. The Hall–Kier alpha value is -2.36. The third-order valence-electron chi connectivity index (χ3n) is 3.66. The maximum Gasteiger partial charge on any atom is 0.297 e. The molecule has 1 amide bonds. The van der Waals surface area contributed by atoms with E-state index in [0.717, 1.165) is 15.9 Å². The minimum atomic E-state index is -0.335. The van der Waals surface area contributed by atoms with Crippen LogP contribution < -0.4 is 4.80 Å². The van der Waals surface area contributed by atoms with Gasteiger partial charge in [0.1, 0.15) is 5.69 Å². The van der Waals surface area contributed by atoms with Crippen molar-refractivity contribution < 1.29 is 4.79 Å². The molecule has 5 nitrogen and oxygen atoms in total. The summed E-state index contributed by atoms with van der Waals surface area (Å²) in [4.78, 5) is 17.6. The van der Waals surface area contributed by atoms with Crippen LogP contribution in [0.2, 0.25) is 5.02 Å². The molecular formula is C18H17ClN4OS. The van der Waals surface area contributed by atoms with E-state index in [1.54, 1.807) is 16.8 Å². The van der Waals surface area contributed by atoms with Crippen molar-refractivity contribution in [2.45, 2.75) is 33.4 Å². The van der Waals surface area contributed by atoms with Gasteiger partial charge in [0, 0.05) is 11.1 Å². The zero-order chi connectivity index (χ0) is 18.1. The smallest absolute Gasteiger partial charge is 0.297 e. The van der Waals surface area contributed by atoms with E-state index in [4.69, 9.17) is 18.0 Å². The predicted octanol–water partition coefficient (Wildman–Crippen LogP) is 3.82. The van der Waals surface area contributed by atoms with Gasteiger partial charge in [-0.1, -0.05) is 28.9 Å². The molecule has 0 spiro atoms. The number of terminal acetylenes is 1. The van der Waals surface area contributed by atoms with E-state index in [0.29, 0.717) is 22.1 Å². The summed E-state index contributed by atoms with van der Waals surface area (Å²) < 4.78 is 4.47. The number of aromatic nitrogens is 3. The van der Waals surface area contributed by atoms with E-state index < -0.39 is 0 Å². The van der Waals surface area contributed by atoms with E-state index in [1.165, 1.54) is 11.3 Å². The molecule has 0 unspecified atom stereocenters. The van der Waals surface area contributed by atoms with Gasteiger partial charge in [-0.3, -0.25) is 9.48 Å². The Bertz CT molecular complexity index is 1070. The fraction of sp³-hybridized carbons (Fsp3) is 0.278. The van der Waals surface area contributed by atoms with Crippen molar-refractivity contribution in [2.24, 2.45) is 4.99 Å². The van der Waals surface area contributed by atoms with Gasteiger partial charge in [-0.15, -0.1) is 6.42 Å². The number of carbonyl (C=O) groups excluding carboxylic acids is 1. The van der Waals surface area contributed by atoms with Crippen LogP contribution in [0, 0.1) is 19.3 Å². The minimum absolute atomic E-state index is 0.0712. The van der Waals surface area contributed by atoms with Gasteiger partial charge in [0.25, 0.3) is 5.91 Å². The second-order valence-corrected chi connectivity index (χ2v) is 7.36. The molecule has 3 aromatic rings. The van der Waals surface area contributed by atoms with Crippen LogP contribution in [0.3, 0.4) is 0 Å². The quantitative estimate of drug-likeness (QED) is 0.656. The van der Waals surface area contributed by atoms with E-state index >= 15 is 0 Å². The van der Waals surface area contributed by atoms with Crippen LogP contribution in [-0.4, -0.2) is 20.3 Å². The lowest BCUT2D eigenvalue weighted by Gasteiger charge is -2.07. The third-order valence-corrected chi connectivity index (χ3v) is 4.93. The van der Waals surface area contributed by atoms with Crippen molar-refractivity contribution in [3.63, 3.8) is 0 Å². The van der Waals surface area contributed by atoms with Crippen molar-refractivity contribution in [3.8, 4) is 12.3 Å². The maximum absolute atomic E-state index is 12.7. The number of aryl methyl sites for hydroxylation is 1. The molecule has 0 aliphatic rings. The molecule has 0 saturated carbocycles. The lowest BCUT2D eigenvalue weighted by atomic mass is 10.3. The summed E-state index contributed by atoms with van der Waals surface area (Å²) >= 11 is 7.45.